The molecule has 1 aliphatic heterocycles. The van der Waals surface area contributed by atoms with E-state index in [0.717, 1.165) is 34.2 Å². The zero-order chi connectivity index (χ0) is 17.1. The molecule has 0 amide bonds. The number of nitrogens with one attached hydrogen (secondary N) is 1. The summed E-state index contributed by atoms with van der Waals surface area (Å²) < 4.78 is 2.58. The first-order valence-electron chi connectivity index (χ1n) is 8.36. The van der Waals surface area contributed by atoms with Crippen LogP contribution in [0, 0.1) is 3.95 Å². The Balaban J connectivity index is 1.66. The molecule has 0 unspecified atom stereocenters. The lowest BCUT2D eigenvalue weighted by Gasteiger charge is -2.29. The van der Waals surface area contributed by atoms with Gasteiger partial charge in [-0.25, -0.2) is 4.68 Å². The molecular formula is C17H24N4OS2. The largest absolute Gasteiger partial charge is 0.392 e. The lowest BCUT2D eigenvalue weighted by molar-refractivity contribution is 0.0516. The normalized spacial score (nSPS) is 18.9. The lowest BCUT2D eigenvalue weighted by atomic mass is 10.0. The van der Waals surface area contributed by atoms with E-state index in [9.17, 15) is 5.11 Å². The molecule has 2 N–H and O–H groups in total. The van der Waals surface area contributed by atoms with Crippen molar-refractivity contribution in [3.8, 4) is 0 Å². The highest BCUT2D eigenvalue weighted by molar-refractivity contribution is 7.73. The fourth-order valence-electron chi connectivity index (χ4n) is 2.87. The third kappa shape index (κ3) is 4.42. The molecule has 0 radical (unpaired) electrons. The summed E-state index contributed by atoms with van der Waals surface area (Å²) in [6.07, 6.45) is 1.67. The van der Waals surface area contributed by atoms with Crippen LogP contribution in [0.1, 0.15) is 38.2 Å². The number of aromatic nitrogens is 2. The second-order valence-corrected chi connectivity index (χ2v) is 8.21. The summed E-state index contributed by atoms with van der Waals surface area (Å²) >= 11 is 6.91. The van der Waals surface area contributed by atoms with Gasteiger partial charge >= 0.3 is 0 Å². The minimum atomic E-state index is -0.233. The van der Waals surface area contributed by atoms with Crippen LogP contribution >= 0.6 is 23.6 Å². The number of anilines is 2. The van der Waals surface area contributed by atoms with E-state index in [1.54, 1.807) is 0 Å². The first-order valence-corrected chi connectivity index (χ1v) is 9.59. The van der Waals surface area contributed by atoms with Gasteiger partial charge < -0.3 is 10.4 Å². The zero-order valence-corrected chi connectivity index (χ0v) is 15.7. The number of hydrogen-bond acceptors (Lipinski definition) is 6. The summed E-state index contributed by atoms with van der Waals surface area (Å²) in [6.45, 7) is 6.69. The molecule has 130 valence electrons. The van der Waals surface area contributed by atoms with Crippen LogP contribution in [0.3, 0.4) is 0 Å². The number of benzene rings is 1. The molecule has 5 nitrogen and oxygen atoms in total. The maximum absolute atomic E-state index is 9.78. The molecular weight excluding hydrogens is 340 g/mol. The van der Waals surface area contributed by atoms with Gasteiger partial charge in [-0.1, -0.05) is 37.3 Å². The second kappa shape index (κ2) is 7.74. The zero-order valence-electron chi connectivity index (χ0n) is 14.1. The number of likely N-dealkylation sites (tertiary alicyclic amines) is 1. The van der Waals surface area contributed by atoms with Crippen molar-refractivity contribution in [3.05, 3.63) is 33.8 Å². The Kier molecular flexibility index (Phi) is 5.65. The van der Waals surface area contributed by atoms with Crippen molar-refractivity contribution < 1.29 is 5.11 Å². The third-order valence-electron chi connectivity index (χ3n) is 4.25. The van der Waals surface area contributed by atoms with E-state index in [2.05, 4.69) is 53.4 Å². The highest BCUT2D eigenvalue weighted by Crippen LogP contribution is 2.23. The van der Waals surface area contributed by atoms with Crippen molar-refractivity contribution in [1.82, 2.24) is 14.7 Å². The quantitative estimate of drug-likeness (QED) is 0.787. The van der Waals surface area contributed by atoms with Crippen molar-refractivity contribution in [3.63, 3.8) is 0 Å². The van der Waals surface area contributed by atoms with Crippen LogP contribution in [0.2, 0.25) is 0 Å². The predicted octanol–water partition coefficient (Wildman–Crippen LogP) is 3.96. The van der Waals surface area contributed by atoms with Gasteiger partial charge in [0.25, 0.3) is 0 Å². The molecule has 0 aliphatic carbocycles. The molecule has 0 saturated carbocycles. The standard InChI is InChI=1S/C17H24N4OS2/c1-12(2)13-5-7-14(8-6-13)18-16-19-21(17(23)24-16)11-20-9-3-4-15(22)10-20/h5-8,12,15,22H,3-4,9-11H2,1-2H3,(H,18,19)/t15-/m1/s1. The molecule has 1 aromatic carbocycles. The minimum absolute atomic E-state index is 0.233. The Labute approximate surface area is 151 Å². The van der Waals surface area contributed by atoms with Gasteiger partial charge in [-0.05, 0) is 48.7 Å². The van der Waals surface area contributed by atoms with Gasteiger partial charge in [0.1, 0.15) is 0 Å². The monoisotopic (exact) mass is 364 g/mol. The number of piperidine rings is 1. The SMILES string of the molecule is CC(C)c1ccc(Nc2nn(CN3CCC[C@@H](O)C3)c(=S)s2)cc1. The van der Waals surface area contributed by atoms with E-state index in [1.165, 1.54) is 16.9 Å². The van der Waals surface area contributed by atoms with Crippen LogP contribution in [0.25, 0.3) is 0 Å². The third-order valence-corrected chi connectivity index (χ3v) is 5.47. The fraction of sp³-hybridized carbons (Fsp3) is 0.529. The summed E-state index contributed by atoms with van der Waals surface area (Å²) in [5, 5.41) is 18.5. The fourth-order valence-corrected chi connectivity index (χ4v) is 3.88. The van der Waals surface area contributed by atoms with E-state index < -0.39 is 0 Å². The van der Waals surface area contributed by atoms with Gasteiger partial charge in [0.05, 0.1) is 12.8 Å². The van der Waals surface area contributed by atoms with E-state index in [-0.39, 0.29) is 6.10 Å². The summed E-state index contributed by atoms with van der Waals surface area (Å²) in [7, 11) is 0. The molecule has 1 aromatic heterocycles. The lowest BCUT2D eigenvalue weighted by Crippen LogP contribution is -2.39. The average Bonchev–Trinajstić information content (AvgIpc) is 2.87. The Bertz CT molecular complexity index is 723. The first kappa shape index (κ1) is 17.5. The first-order chi connectivity index (χ1) is 11.5. The van der Waals surface area contributed by atoms with Crippen LogP contribution < -0.4 is 5.32 Å². The number of nitrogens with zero attached hydrogens (tertiary/aromatic N) is 3. The van der Waals surface area contributed by atoms with E-state index in [0.29, 0.717) is 19.1 Å². The van der Waals surface area contributed by atoms with Crippen LogP contribution in [0.5, 0.6) is 0 Å². The highest BCUT2D eigenvalue weighted by atomic mass is 32.1. The van der Waals surface area contributed by atoms with Crippen LogP contribution in [-0.2, 0) is 6.67 Å². The van der Waals surface area contributed by atoms with Gasteiger partial charge in [-0.15, -0.1) is 5.10 Å². The molecule has 0 spiro atoms. The predicted molar refractivity (Wildman–Crippen MR) is 102 cm³/mol. The van der Waals surface area contributed by atoms with Crippen LogP contribution in [0.4, 0.5) is 10.8 Å². The van der Waals surface area contributed by atoms with Crippen molar-refractivity contribution >= 4 is 34.4 Å². The molecule has 1 fully saturated rings. The summed E-state index contributed by atoms with van der Waals surface area (Å²) in [6, 6.07) is 8.42. The van der Waals surface area contributed by atoms with Gasteiger partial charge in [-0.3, -0.25) is 4.90 Å². The van der Waals surface area contributed by atoms with E-state index in [1.807, 2.05) is 4.68 Å². The Morgan fingerprint density at radius 2 is 2.12 bits per heavy atom. The van der Waals surface area contributed by atoms with Crippen LogP contribution in [-0.4, -0.2) is 39.0 Å². The molecule has 2 heterocycles. The van der Waals surface area contributed by atoms with Gasteiger partial charge in [0.2, 0.25) is 5.13 Å². The number of hydrogen-bond donors (Lipinski definition) is 2. The average molecular weight is 365 g/mol. The Morgan fingerprint density at radius 3 is 2.79 bits per heavy atom. The number of rotatable bonds is 5. The Morgan fingerprint density at radius 1 is 1.38 bits per heavy atom. The molecule has 7 heteroatoms. The molecule has 24 heavy (non-hydrogen) atoms. The van der Waals surface area contributed by atoms with Crippen molar-refractivity contribution in [2.75, 3.05) is 18.4 Å². The van der Waals surface area contributed by atoms with Gasteiger partial charge in [0.15, 0.2) is 3.95 Å². The van der Waals surface area contributed by atoms with Crippen molar-refractivity contribution in [2.45, 2.75) is 45.4 Å². The highest BCUT2D eigenvalue weighted by Gasteiger charge is 2.18. The van der Waals surface area contributed by atoms with Crippen molar-refractivity contribution in [1.29, 1.82) is 0 Å². The molecule has 0 bridgehead atoms. The van der Waals surface area contributed by atoms with Gasteiger partial charge in [0, 0.05) is 18.8 Å². The van der Waals surface area contributed by atoms with Gasteiger partial charge in [-0.2, -0.15) is 0 Å². The van der Waals surface area contributed by atoms with E-state index in [4.69, 9.17) is 12.2 Å². The topological polar surface area (TPSA) is 53.3 Å². The summed E-state index contributed by atoms with van der Waals surface area (Å²) in [4.78, 5) is 2.20. The molecule has 1 atom stereocenters. The maximum atomic E-state index is 9.78. The number of aliphatic hydroxyl groups is 1. The smallest absolute Gasteiger partial charge is 0.209 e. The maximum Gasteiger partial charge on any atom is 0.209 e. The minimum Gasteiger partial charge on any atom is -0.392 e. The second-order valence-electron chi connectivity index (χ2n) is 6.59. The molecule has 1 aliphatic rings. The van der Waals surface area contributed by atoms with E-state index >= 15 is 0 Å². The summed E-state index contributed by atoms with van der Waals surface area (Å²) in [5.41, 5.74) is 2.34. The number of aliphatic hydroxyl groups excluding tert-OH is 1. The Hall–Kier alpha value is -1.28. The number of β-amino-alcohol motifs (C(OH)–C–C–N with tert-alkyl or cyclic N) is 1. The molecule has 2 aromatic rings. The molecule has 1 saturated heterocycles. The van der Waals surface area contributed by atoms with Crippen molar-refractivity contribution in [2.24, 2.45) is 0 Å². The van der Waals surface area contributed by atoms with Crippen LogP contribution in [0.15, 0.2) is 24.3 Å². The molecule has 3 rings (SSSR count). The summed E-state index contributed by atoms with van der Waals surface area (Å²) in [5.74, 6) is 0.528.